The lowest BCUT2D eigenvalue weighted by Crippen LogP contribution is -2.63. The molecule has 0 radical (unpaired) electrons. The number of carbonyl (C=O) groups excluding carboxylic acids is 5. The third-order valence-electron chi connectivity index (χ3n) is 10.4. The molecule has 13 nitrogen and oxygen atoms in total. The number of primary amides is 1. The first kappa shape index (κ1) is 37.7. The zero-order valence-corrected chi connectivity index (χ0v) is 30.0. The van der Waals surface area contributed by atoms with Crippen molar-refractivity contribution in [3.8, 4) is 0 Å². The van der Waals surface area contributed by atoms with E-state index in [9.17, 15) is 32.4 Å². The molecule has 0 aromatic rings. The molecule has 1 heterocycles. The van der Waals surface area contributed by atoms with E-state index in [0.717, 1.165) is 25.5 Å². The maximum atomic E-state index is 14.3. The highest BCUT2D eigenvalue weighted by molar-refractivity contribution is 7.88. The molecule has 0 spiro atoms. The summed E-state index contributed by atoms with van der Waals surface area (Å²) in [5.41, 5.74) is 3.85. The number of likely N-dealkylation sites (tertiary alicyclic amines) is 1. The zero-order valence-electron chi connectivity index (χ0n) is 29.2. The fourth-order valence-electron chi connectivity index (χ4n) is 6.92. The molecular weight excluding hydrogens is 612 g/mol. The van der Waals surface area contributed by atoms with E-state index in [1.54, 1.807) is 6.92 Å². The number of Topliss-reactive ketones (excluding diaryl/α,β-unsaturated/α-hetero) is 1. The Labute approximate surface area is 274 Å². The van der Waals surface area contributed by atoms with Gasteiger partial charge in [-0.3, -0.25) is 19.2 Å². The first-order valence-electron chi connectivity index (χ1n) is 16.4. The molecule has 1 saturated heterocycles. The lowest BCUT2D eigenvalue weighted by molar-refractivity contribution is -0.145. The van der Waals surface area contributed by atoms with Gasteiger partial charge in [0.1, 0.15) is 12.1 Å². The fraction of sp³-hybridized carbons (Fsp3) is 0.844. The number of fused-ring (bicyclic) bond motifs is 1. The summed E-state index contributed by atoms with van der Waals surface area (Å²) in [6, 6.07) is -4.18. The van der Waals surface area contributed by atoms with Crippen LogP contribution in [0.5, 0.6) is 0 Å². The molecule has 5 amide bonds. The van der Waals surface area contributed by atoms with Crippen molar-refractivity contribution in [3.63, 3.8) is 0 Å². The number of hydrogen-bond donors (Lipinski definition) is 4. The second-order valence-electron chi connectivity index (χ2n) is 16.3. The van der Waals surface area contributed by atoms with Gasteiger partial charge in [0.25, 0.3) is 5.91 Å². The summed E-state index contributed by atoms with van der Waals surface area (Å²) in [6.07, 6.45) is 4.29. The second-order valence-corrected chi connectivity index (χ2v) is 18.2. The van der Waals surface area contributed by atoms with Crippen LogP contribution >= 0.6 is 0 Å². The fourth-order valence-corrected chi connectivity index (χ4v) is 7.81. The standard InChI is InChI=1S/C32H56N6O7S/c1-11-37(46(10,44)45)17-21(30(2,3)4)35-29(43)36-25(31(5,6)7)28(42)38-16-19-22(32(19,8)9)23(38)27(41)34-20(24(39)26(33)40)15-18-13-12-14-18/h18-23,25H,11-17H2,1-10H3,(H2,33,40)(H,34,41)(H2,35,36,43)/t19-,20?,21+,22-,23-,25+/m0/s1. The number of nitrogens with zero attached hydrogens (tertiary/aromatic N) is 2. The van der Waals surface area contributed by atoms with Crippen LogP contribution in [0.4, 0.5) is 4.79 Å². The van der Waals surface area contributed by atoms with Crippen LogP contribution in [0.1, 0.15) is 88.0 Å². The Morgan fingerprint density at radius 3 is 2.00 bits per heavy atom. The molecule has 3 aliphatic rings. The number of piperidine rings is 1. The van der Waals surface area contributed by atoms with Crippen molar-refractivity contribution < 1.29 is 32.4 Å². The van der Waals surface area contributed by atoms with Gasteiger partial charge in [0.15, 0.2) is 0 Å². The number of carbonyl (C=O) groups is 5. The smallest absolute Gasteiger partial charge is 0.315 e. The molecule has 2 aliphatic carbocycles. The van der Waals surface area contributed by atoms with E-state index in [1.165, 1.54) is 9.21 Å². The highest BCUT2D eigenvalue weighted by Crippen LogP contribution is 2.65. The SMILES string of the molecule is CCN(C[C@@H](NC(=O)N[C@H](C(=O)N1C[C@H]2[C@@H]([C@H]1C(=O)NC(CC1CCC1)C(=O)C(N)=O)C2(C)C)C(C)(C)C)C(C)(C)C)S(C)(=O)=O. The van der Waals surface area contributed by atoms with E-state index < -0.39 is 74.6 Å². The van der Waals surface area contributed by atoms with Gasteiger partial charge in [0.05, 0.1) is 12.3 Å². The lowest BCUT2D eigenvalue weighted by Gasteiger charge is -2.39. The first-order valence-corrected chi connectivity index (χ1v) is 18.2. The second kappa shape index (κ2) is 13.4. The van der Waals surface area contributed by atoms with Crippen LogP contribution in [0.25, 0.3) is 0 Å². The average Bonchev–Trinajstić information content (AvgIpc) is 3.19. The van der Waals surface area contributed by atoms with Gasteiger partial charge in [-0.25, -0.2) is 17.5 Å². The molecule has 3 fully saturated rings. The third kappa shape index (κ3) is 8.39. The maximum absolute atomic E-state index is 14.3. The summed E-state index contributed by atoms with van der Waals surface area (Å²) >= 11 is 0. The van der Waals surface area contributed by atoms with Crippen molar-refractivity contribution in [3.05, 3.63) is 0 Å². The molecule has 262 valence electrons. The number of likely N-dealkylation sites (N-methyl/N-ethyl adjacent to an activating group) is 1. The number of hydrogen-bond acceptors (Lipinski definition) is 7. The van der Waals surface area contributed by atoms with Gasteiger partial charge in [-0.1, -0.05) is 81.6 Å². The van der Waals surface area contributed by atoms with E-state index in [-0.39, 0.29) is 36.3 Å². The van der Waals surface area contributed by atoms with Crippen molar-refractivity contribution in [2.45, 2.75) is 112 Å². The zero-order chi connectivity index (χ0) is 35.2. The molecule has 5 N–H and O–H groups in total. The van der Waals surface area contributed by atoms with Crippen LogP contribution in [0.2, 0.25) is 0 Å². The highest BCUT2D eigenvalue weighted by Gasteiger charge is 2.70. The Morgan fingerprint density at radius 2 is 1.57 bits per heavy atom. The maximum Gasteiger partial charge on any atom is 0.315 e. The minimum absolute atomic E-state index is 0.0548. The minimum Gasteiger partial charge on any atom is -0.363 e. The summed E-state index contributed by atoms with van der Waals surface area (Å²) < 4.78 is 25.9. The van der Waals surface area contributed by atoms with Crippen LogP contribution in [0.15, 0.2) is 0 Å². The largest absolute Gasteiger partial charge is 0.363 e. The quantitative estimate of drug-likeness (QED) is 0.215. The van der Waals surface area contributed by atoms with Crippen LogP contribution < -0.4 is 21.7 Å². The van der Waals surface area contributed by atoms with Crippen molar-refractivity contribution in [2.75, 3.05) is 25.9 Å². The number of rotatable bonds is 13. The van der Waals surface area contributed by atoms with E-state index in [1.807, 2.05) is 55.4 Å². The van der Waals surface area contributed by atoms with Crippen LogP contribution in [0, 0.1) is 34.0 Å². The van der Waals surface area contributed by atoms with Crippen LogP contribution in [0.3, 0.4) is 0 Å². The number of amides is 5. The molecule has 3 rings (SSSR count). The molecule has 1 aliphatic heterocycles. The van der Waals surface area contributed by atoms with Gasteiger partial charge < -0.3 is 26.6 Å². The van der Waals surface area contributed by atoms with Crippen LogP contribution in [-0.4, -0.2) is 97.2 Å². The van der Waals surface area contributed by atoms with Crippen molar-refractivity contribution >= 4 is 39.6 Å². The normalized spacial score (nSPS) is 24.7. The van der Waals surface area contributed by atoms with E-state index >= 15 is 0 Å². The third-order valence-corrected chi connectivity index (χ3v) is 11.7. The molecule has 6 atom stereocenters. The summed E-state index contributed by atoms with van der Waals surface area (Å²) in [4.78, 5) is 67.7. The van der Waals surface area contributed by atoms with Gasteiger partial charge in [0, 0.05) is 25.7 Å². The van der Waals surface area contributed by atoms with Gasteiger partial charge >= 0.3 is 6.03 Å². The molecule has 46 heavy (non-hydrogen) atoms. The molecule has 0 aromatic heterocycles. The molecule has 2 saturated carbocycles. The van der Waals surface area contributed by atoms with Crippen molar-refractivity contribution in [2.24, 2.45) is 39.7 Å². The van der Waals surface area contributed by atoms with Gasteiger partial charge in [0.2, 0.25) is 27.6 Å². The minimum atomic E-state index is -3.51. The van der Waals surface area contributed by atoms with Crippen molar-refractivity contribution in [1.29, 1.82) is 0 Å². The number of urea groups is 1. The highest BCUT2D eigenvalue weighted by atomic mass is 32.2. The van der Waals surface area contributed by atoms with Crippen molar-refractivity contribution in [1.82, 2.24) is 25.2 Å². The summed E-state index contributed by atoms with van der Waals surface area (Å²) in [5, 5.41) is 8.51. The van der Waals surface area contributed by atoms with Crippen LogP contribution in [-0.2, 0) is 29.2 Å². The Morgan fingerprint density at radius 1 is 0.978 bits per heavy atom. The van der Waals surface area contributed by atoms with Gasteiger partial charge in [-0.15, -0.1) is 0 Å². The molecule has 0 bridgehead atoms. The number of sulfonamides is 1. The summed E-state index contributed by atoms with van der Waals surface area (Å²) in [7, 11) is -3.51. The monoisotopic (exact) mass is 668 g/mol. The number of nitrogens with two attached hydrogens (primary N) is 1. The molecular formula is C32H56N6O7S. The first-order chi connectivity index (χ1) is 20.9. The summed E-state index contributed by atoms with van der Waals surface area (Å²) in [5.74, 6) is -2.77. The average molecular weight is 669 g/mol. The van der Waals surface area contributed by atoms with E-state index in [2.05, 4.69) is 16.0 Å². The van der Waals surface area contributed by atoms with E-state index in [0.29, 0.717) is 13.0 Å². The number of nitrogens with one attached hydrogen (secondary N) is 3. The number of ketones is 1. The Hall–Kier alpha value is -2.74. The van der Waals surface area contributed by atoms with E-state index in [4.69, 9.17) is 5.73 Å². The summed E-state index contributed by atoms with van der Waals surface area (Å²) in [6.45, 7) is 17.5. The Bertz CT molecular complexity index is 1310. The molecule has 1 unspecified atom stereocenters. The predicted molar refractivity (Wildman–Crippen MR) is 175 cm³/mol. The lowest BCUT2D eigenvalue weighted by atomic mass is 9.80. The molecule has 0 aromatic carbocycles. The Kier molecular flexibility index (Phi) is 11.0. The predicted octanol–water partition coefficient (Wildman–Crippen LogP) is 1.61. The Balaban J connectivity index is 1.84. The van der Waals surface area contributed by atoms with Gasteiger partial charge in [-0.2, -0.15) is 0 Å². The topological polar surface area (TPSA) is 188 Å². The van der Waals surface area contributed by atoms with Gasteiger partial charge in [-0.05, 0) is 40.4 Å². The molecule has 14 heteroatoms.